The Morgan fingerprint density at radius 3 is 2.13 bits per heavy atom. The van der Waals surface area contributed by atoms with E-state index < -0.39 is 30.4 Å². The number of hydrogen-bond donors (Lipinski definition) is 1. The largest absolute Gasteiger partial charge is 1.00 e. The summed E-state index contributed by atoms with van der Waals surface area (Å²) in [5, 5.41) is 3.95. The van der Waals surface area contributed by atoms with Crippen molar-refractivity contribution in [2.45, 2.75) is 39.2 Å². The summed E-state index contributed by atoms with van der Waals surface area (Å²) in [7, 11) is 0. The lowest BCUT2D eigenvalue weighted by Crippen LogP contribution is -3.00. The molecule has 1 fully saturated rings. The van der Waals surface area contributed by atoms with Crippen molar-refractivity contribution in [3.63, 3.8) is 0 Å². The molecule has 4 aromatic carbocycles. The molecule has 0 spiro atoms. The molecule has 0 bridgehead atoms. The molecule has 7 rings (SSSR count). The second-order valence-corrected chi connectivity index (χ2v) is 11.4. The van der Waals surface area contributed by atoms with Gasteiger partial charge in [0.15, 0.2) is 18.5 Å². The monoisotopic (exact) mass is 650 g/mol. The third-order valence-corrected chi connectivity index (χ3v) is 8.46. The van der Waals surface area contributed by atoms with Crippen LogP contribution in [0.15, 0.2) is 97.3 Å². The number of hydrogen-bond acceptors (Lipinski definition) is 7. The molecule has 6 aromatic rings. The van der Waals surface area contributed by atoms with Gasteiger partial charge < -0.3 is 36.3 Å². The van der Waals surface area contributed by atoms with E-state index in [4.69, 9.17) is 18.9 Å². The zero-order valence-corrected chi connectivity index (χ0v) is 26.6. The first kappa shape index (κ1) is 31.7. The van der Waals surface area contributed by atoms with Crippen molar-refractivity contribution in [2.24, 2.45) is 0 Å². The molecule has 1 N–H and O–H groups in total. The molecule has 238 valence electrons. The first-order chi connectivity index (χ1) is 22.3. The number of benzene rings is 4. The summed E-state index contributed by atoms with van der Waals surface area (Å²) in [4.78, 5) is 41.5. The van der Waals surface area contributed by atoms with Crippen LogP contribution in [-0.4, -0.2) is 41.7 Å². The van der Waals surface area contributed by atoms with Gasteiger partial charge in [-0.05, 0) is 72.8 Å². The SMILES string of the molecule is CC(=O)Oc1ccc2[nH]c3c(C)c4cc[n+]([C@H]5OC[C@H](OC(=O)c6ccccc6)[C@@H]5OC(=O)c5ccccc5)cc4c(C)c3c2c1.[Cl-]. The molecule has 0 radical (unpaired) electrons. The van der Waals surface area contributed by atoms with Crippen molar-refractivity contribution in [1.29, 1.82) is 0 Å². The van der Waals surface area contributed by atoms with Gasteiger partial charge in [-0.25, -0.2) is 9.59 Å². The summed E-state index contributed by atoms with van der Waals surface area (Å²) in [6, 6.07) is 24.9. The van der Waals surface area contributed by atoms with E-state index in [0.29, 0.717) is 16.9 Å². The third-order valence-electron chi connectivity index (χ3n) is 8.46. The topological polar surface area (TPSA) is 108 Å². The zero-order chi connectivity index (χ0) is 31.9. The summed E-state index contributed by atoms with van der Waals surface area (Å²) >= 11 is 0. The van der Waals surface area contributed by atoms with Crippen LogP contribution in [0.4, 0.5) is 0 Å². The van der Waals surface area contributed by atoms with Crippen LogP contribution >= 0.6 is 0 Å². The number of esters is 3. The maximum Gasteiger partial charge on any atom is 0.338 e. The van der Waals surface area contributed by atoms with Crippen LogP contribution < -0.4 is 21.7 Å². The molecule has 2 aromatic heterocycles. The maximum absolute atomic E-state index is 13.3. The minimum Gasteiger partial charge on any atom is -1.00 e. The molecule has 0 aliphatic carbocycles. The smallest absolute Gasteiger partial charge is 0.338 e. The van der Waals surface area contributed by atoms with Crippen molar-refractivity contribution in [2.75, 3.05) is 6.61 Å². The molecule has 47 heavy (non-hydrogen) atoms. The van der Waals surface area contributed by atoms with Gasteiger partial charge in [0.1, 0.15) is 5.75 Å². The number of carbonyl (C=O) groups is 3. The second kappa shape index (κ2) is 12.9. The maximum atomic E-state index is 13.3. The van der Waals surface area contributed by atoms with Crippen molar-refractivity contribution in [3.05, 3.63) is 120 Å². The number of aryl methyl sites for hydroxylation is 2. The average molecular weight is 651 g/mol. The zero-order valence-electron chi connectivity index (χ0n) is 25.9. The summed E-state index contributed by atoms with van der Waals surface area (Å²) in [6.45, 7) is 5.53. The number of halogens is 1. The number of carbonyl (C=O) groups excluding carboxylic acids is 3. The lowest BCUT2D eigenvalue weighted by molar-refractivity contribution is -0.762. The Hall–Kier alpha value is -5.25. The Kier molecular flexibility index (Phi) is 8.68. The lowest BCUT2D eigenvalue weighted by atomic mass is 9.97. The predicted molar refractivity (Wildman–Crippen MR) is 171 cm³/mol. The molecule has 3 heterocycles. The van der Waals surface area contributed by atoms with Crippen LogP contribution in [0.3, 0.4) is 0 Å². The van der Waals surface area contributed by atoms with Gasteiger partial charge in [0, 0.05) is 34.7 Å². The van der Waals surface area contributed by atoms with Crippen molar-refractivity contribution in [1.82, 2.24) is 4.98 Å². The van der Waals surface area contributed by atoms with Crippen molar-refractivity contribution >= 4 is 50.5 Å². The fourth-order valence-corrected chi connectivity index (χ4v) is 6.24. The van der Waals surface area contributed by atoms with Gasteiger partial charge in [-0.2, -0.15) is 4.57 Å². The van der Waals surface area contributed by atoms with Crippen LogP contribution in [0, 0.1) is 13.8 Å². The highest BCUT2D eigenvalue weighted by molar-refractivity contribution is 6.16. The fraction of sp³-hybridized carbons (Fsp3) is 0.189. The molecule has 3 atom stereocenters. The van der Waals surface area contributed by atoms with Gasteiger partial charge in [0.05, 0.1) is 23.3 Å². The summed E-state index contributed by atoms with van der Waals surface area (Å²) in [5.74, 6) is -0.982. The molecule has 1 aliphatic heterocycles. The number of rotatable bonds is 6. The highest BCUT2D eigenvalue weighted by Gasteiger charge is 2.49. The minimum atomic E-state index is -0.924. The van der Waals surface area contributed by atoms with E-state index >= 15 is 0 Å². The van der Waals surface area contributed by atoms with Gasteiger partial charge in [-0.1, -0.05) is 36.4 Å². The first-order valence-electron chi connectivity index (χ1n) is 15.0. The number of nitrogens with zero attached hydrogens (tertiary/aromatic N) is 1. The van der Waals surface area contributed by atoms with Gasteiger partial charge in [0.2, 0.25) is 6.10 Å². The molecule has 1 aliphatic rings. The molecule has 0 amide bonds. The highest BCUT2D eigenvalue weighted by Crippen LogP contribution is 2.38. The quantitative estimate of drug-likeness (QED) is 0.168. The molecule has 0 saturated carbocycles. The van der Waals surface area contributed by atoms with E-state index in [1.54, 1.807) is 54.6 Å². The van der Waals surface area contributed by atoms with Gasteiger partial charge >= 0.3 is 24.1 Å². The average Bonchev–Trinajstić information content (AvgIpc) is 3.65. The molecule has 10 heteroatoms. The fourth-order valence-electron chi connectivity index (χ4n) is 6.24. The number of fused-ring (bicyclic) bond motifs is 4. The molecule has 1 saturated heterocycles. The minimum absolute atomic E-state index is 0. The van der Waals surface area contributed by atoms with Crippen LogP contribution in [0.1, 0.15) is 45.0 Å². The summed E-state index contributed by atoms with van der Waals surface area (Å²) in [5.41, 5.74) is 4.77. The van der Waals surface area contributed by atoms with Gasteiger partial charge in [-0.15, -0.1) is 0 Å². The van der Waals surface area contributed by atoms with Gasteiger partial charge in [-0.3, -0.25) is 4.79 Å². The number of aromatic amines is 1. The van der Waals surface area contributed by atoms with E-state index in [2.05, 4.69) is 11.9 Å². The normalized spacial score (nSPS) is 17.4. The van der Waals surface area contributed by atoms with Crippen molar-refractivity contribution < 1.29 is 50.3 Å². The lowest BCUT2D eigenvalue weighted by Gasteiger charge is -2.21. The molecular weight excluding hydrogens is 620 g/mol. The Morgan fingerprint density at radius 1 is 0.809 bits per heavy atom. The van der Waals surface area contributed by atoms with Gasteiger partial charge in [0.25, 0.3) is 0 Å². The summed E-state index contributed by atoms with van der Waals surface area (Å²) in [6.07, 6.45) is 1.33. The second-order valence-electron chi connectivity index (χ2n) is 11.4. The number of aromatic nitrogens is 2. The van der Waals surface area contributed by atoms with Crippen molar-refractivity contribution in [3.8, 4) is 5.75 Å². The Bertz CT molecular complexity index is 2150. The standard InChI is InChI=1S/C37H30N2O7.ClH/c1-21-29-19-39(17-16-27(29)22(2)33-32(21)28-18-26(44-23(3)40)14-15-30(28)38-33)35-34(46-37(42)25-12-8-5-9-13-25)31(20-43-35)45-36(41)24-10-6-4-7-11-24;/h4-19,31,34-35H,20H2,1-3H3;1H/t31-,34-,35-;/m0./s1. The van der Waals surface area contributed by atoms with E-state index in [0.717, 1.165) is 43.7 Å². The molecule has 0 unspecified atom stereocenters. The Morgan fingerprint density at radius 2 is 1.47 bits per heavy atom. The number of H-pyrrole nitrogens is 1. The molecular formula is C37H31ClN2O7. The van der Waals surface area contributed by atoms with Crippen LogP contribution in [0.2, 0.25) is 0 Å². The number of nitrogens with one attached hydrogen (secondary N) is 1. The number of ether oxygens (including phenoxy) is 4. The summed E-state index contributed by atoms with van der Waals surface area (Å²) < 4.78 is 25.3. The Balaban J connectivity index is 0.00000386. The van der Waals surface area contributed by atoms with Crippen LogP contribution in [0.25, 0.3) is 32.6 Å². The first-order valence-corrected chi connectivity index (χ1v) is 15.0. The van der Waals surface area contributed by atoms with E-state index in [9.17, 15) is 14.4 Å². The van der Waals surface area contributed by atoms with E-state index in [1.807, 2.05) is 54.2 Å². The van der Waals surface area contributed by atoms with Crippen LogP contribution in [-0.2, 0) is 19.0 Å². The van der Waals surface area contributed by atoms with E-state index in [1.165, 1.54) is 6.92 Å². The van der Waals surface area contributed by atoms with Crippen LogP contribution in [0.5, 0.6) is 5.75 Å². The molecule has 9 nitrogen and oxygen atoms in total. The Labute approximate surface area is 276 Å². The van der Waals surface area contributed by atoms with E-state index in [-0.39, 0.29) is 25.0 Å². The highest BCUT2D eigenvalue weighted by atomic mass is 35.5. The predicted octanol–water partition coefficient (Wildman–Crippen LogP) is 3.29. The third kappa shape index (κ3) is 5.91. The number of pyridine rings is 1.